The number of hydrogen-bond donors (Lipinski definition) is 0. The van der Waals surface area contributed by atoms with Gasteiger partial charge in [0.05, 0.1) is 12.1 Å². The number of amides is 3. The zero-order valence-corrected chi connectivity index (χ0v) is 36.6. The molecule has 4 saturated heterocycles. The fourth-order valence-corrected chi connectivity index (χ4v) is 11.0. The first kappa shape index (κ1) is 39.9. The first-order valence-electron chi connectivity index (χ1n) is 20.1. The molecule has 3 amide bonds. The van der Waals surface area contributed by atoms with Crippen LogP contribution in [0.1, 0.15) is 124 Å². The summed E-state index contributed by atoms with van der Waals surface area (Å²) in [4.78, 5) is 44.5. The molecule has 55 heavy (non-hydrogen) atoms. The van der Waals surface area contributed by atoms with E-state index in [0.717, 1.165) is 88.2 Å². The summed E-state index contributed by atoms with van der Waals surface area (Å²) in [5, 5.41) is 9.57. The van der Waals surface area contributed by atoms with Gasteiger partial charge in [0, 0.05) is 92.0 Å². The van der Waals surface area contributed by atoms with Gasteiger partial charge in [-0.1, -0.05) is 0 Å². The van der Waals surface area contributed by atoms with Gasteiger partial charge in [0.25, 0.3) is 0 Å². The number of carbonyl (C=O) groups excluding carboxylic acids is 3. The lowest BCUT2D eigenvalue weighted by Gasteiger charge is -2.58. The molecule has 6 heterocycles. The van der Waals surface area contributed by atoms with Crippen LogP contribution in [0.25, 0.3) is 0 Å². The Bertz CT molecular complexity index is 1810. The van der Waals surface area contributed by atoms with Crippen molar-refractivity contribution in [3.8, 4) is 0 Å². The number of aryl methyl sites for hydroxylation is 2. The van der Waals surface area contributed by atoms with Crippen molar-refractivity contribution in [1.29, 1.82) is 0 Å². The molecule has 0 N–H and O–H groups in total. The molecular formula is C41H63BrN8O5. The third kappa shape index (κ3) is 7.99. The third-order valence-corrected chi connectivity index (χ3v) is 13.2. The lowest BCUT2D eigenvalue weighted by molar-refractivity contribution is -0.126. The fourth-order valence-electron chi connectivity index (χ4n) is 10.5. The summed E-state index contributed by atoms with van der Waals surface area (Å²) in [6.07, 6.45) is 6.67. The lowest BCUT2D eigenvalue weighted by atomic mass is 9.61. The van der Waals surface area contributed by atoms with Gasteiger partial charge in [-0.25, -0.2) is 9.59 Å². The van der Waals surface area contributed by atoms with Gasteiger partial charge in [-0.05, 0) is 130 Å². The van der Waals surface area contributed by atoms with Crippen LogP contribution in [-0.2, 0) is 14.3 Å². The summed E-state index contributed by atoms with van der Waals surface area (Å²) in [6.45, 7) is 25.3. The maximum Gasteiger partial charge on any atom is 0.410 e. The van der Waals surface area contributed by atoms with Gasteiger partial charge in [0.2, 0.25) is 5.91 Å². The molecule has 13 nitrogen and oxygen atoms in total. The topological polar surface area (TPSA) is 118 Å². The Labute approximate surface area is 335 Å². The Morgan fingerprint density at radius 1 is 0.764 bits per heavy atom. The van der Waals surface area contributed by atoms with Crippen LogP contribution in [0.15, 0.2) is 16.7 Å². The molecule has 3 spiro atoms. The van der Waals surface area contributed by atoms with Crippen molar-refractivity contribution in [3.05, 3.63) is 28.1 Å². The van der Waals surface area contributed by atoms with Crippen LogP contribution in [0.3, 0.4) is 0 Å². The number of piperidine rings is 1. The van der Waals surface area contributed by atoms with E-state index in [9.17, 15) is 14.4 Å². The van der Waals surface area contributed by atoms with Crippen LogP contribution in [-0.4, -0.2) is 115 Å². The lowest BCUT2D eigenvalue weighted by Crippen LogP contribution is -2.64. The second kappa shape index (κ2) is 13.4. The number of nitrogens with zero attached hydrogens (tertiary/aromatic N) is 8. The van der Waals surface area contributed by atoms with Gasteiger partial charge < -0.3 is 29.1 Å². The summed E-state index contributed by atoms with van der Waals surface area (Å²) in [5.41, 5.74) is 2.11. The highest BCUT2D eigenvalue weighted by atomic mass is 79.9. The molecule has 1 atom stereocenters. The van der Waals surface area contributed by atoms with Crippen LogP contribution in [0.2, 0.25) is 0 Å². The quantitative estimate of drug-likeness (QED) is 0.312. The zero-order valence-electron chi connectivity index (χ0n) is 35.0. The van der Waals surface area contributed by atoms with Crippen LogP contribution < -0.4 is 4.90 Å². The molecule has 2 aromatic rings. The number of anilines is 1. The normalized spacial score (nSPS) is 26.6. The molecule has 2 saturated carbocycles. The molecule has 0 bridgehead atoms. The van der Waals surface area contributed by atoms with Gasteiger partial charge >= 0.3 is 12.2 Å². The van der Waals surface area contributed by atoms with E-state index in [1.807, 2.05) is 69.4 Å². The highest BCUT2D eigenvalue weighted by Gasteiger charge is 2.57. The molecule has 0 radical (unpaired) electrons. The second-order valence-corrected chi connectivity index (χ2v) is 21.6. The molecule has 6 aliphatic rings. The number of carbonyl (C=O) groups is 3. The molecule has 2 aromatic heterocycles. The Hall–Kier alpha value is -3.29. The second-order valence-electron chi connectivity index (χ2n) is 20.8. The Balaban J connectivity index is 0.000000190. The van der Waals surface area contributed by atoms with Crippen molar-refractivity contribution in [3.63, 3.8) is 0 Å². The monoisotopic (exact) mass is 826 g/mol. The highest BCUT2D eigenvalue weighted by molar-refractivity contribution is 9.10. The number of rotatable bonds is 3. The summed E-state index contributed by atoms with van der Waals surface area (Å²) in [5.74, 6) is 1.34. The van der Waals surface area contributed by atoms with Crippen LogP contribution in [0, 0.1) is 30.1 Å². The van der Waals surface area contributed by atoms with E-state index in [-0.39, 0.29) is 34.5 Å². The van der Waals surface area contributed by atoms with E-state index in [0.29, 0.717) is 23.9 Å². The van der Waals surface area contributed by atoms with Crippen molar-refractivity contribution >= 4 is 39.8 Å². The molecular weight excluding hydrogens is 764 g/mol. The Morgan fingerprint density at radius 3 is 1.64 bits per heavy atom. The average Bonchev–Trinajstić information content (AvgIpc) is 3.56. The van der Waals surface area contributed by atoms with Crippen molar-refractivity contribution in [1.82, 2.24) is 34.3 Å². The minimum absolute atomic E-state index is 0.0436. The summed E-state index contributed by atoms with van der Waals surface area (Å²) in [7, 11) is 1.93. The number of halogens is 1. The molecule has 14 heteroatoms. The van der Waals surface area contributed by atoms with E-state index in [1.54, 1.807) is 0 Å². The first-order valence-corrected chi connectivity index (χ1v) is 20.9. The predicted octanol–water partition coefficient (Wildman–Crippen LogP) is 7.52. The zero-order chi connectivity index (χ0) is 40.1. The number of likely N-dealkylation sites (tertiary alicyclic amines) is 3. The van der Waals surface area contributed by atoms with Gasteiger partial charge in [-0.3, -0.25) is 14.2 Å². The van der Waals surface area contributed by atoms with E-state index >= 15 is 0 Å². The van der Waals surface area contributed by atoms with Crippen LogP contribution >= 0.6 is 15.9 Å². The predicted molar refractivity (Wildman–Crippen MR) is 214 cm³/mol. The Morgan fingerprint density at radius 2 is 1.24 bits per heavy atom. The highest BCUT2D eigenvalue weighted by Crippen LogP contribution is 2.56. The molecule has 2 aliphatic carbocycles. The van der Waals surface area contributed by atoms with Crippen LogP contribution in [0.4, 0.5) is 15.4 Å². The molecule has 8 rings (SSSR count). The molecule has 304 valence electrons. The molecule has 0 aromatic carbocycles. The SMILES string of the molecule is Cc1cc(Br)nn1C1CC2(C1)CN(C(=O)OC(C)(C)C)C2.Cc1cc(N2CCC3(CC(=O)N(C)C3)CC2(C)C)nn1C1CC2(C1)CN(C(=O)OC(C)(C)C)C2. The van der Waals surface area contributed by atoms with Crippen LogP contribution in [0.5, 0.6) is 0 Å². The molecule has 4 aliphatic heterocycles. The summed E-state index contributed by atoms with van der Waals surface area (Å²) < 4.78 is 16.1. The number of aromatic nitrogens is 4. The first-order chi connectivity index (χ1) is 25.4. The number of ether oxygens (including phenoxy) is 2. The molecule has 6 fully saturated rings. The van der Waals surface area contributed by atoms with Crippen molar-refractivity contribution in [2.45, 2.75) is 143 Å². The van der Waals surface area contributed by atoms with E-state index in [1.165, 1.54) is 11.4 Å². The van der Waals surface area contributed by atoms with Gasteiger partial charge in [-0.2, -0.15) is 10.2 Å². The summed E-state index contributed by atoms with van der Waals surface area (Å²) in [6, 6.07) is 5.13. The fraction of sp³-hybridized carbons (Fsp3) is 0.780. The summed E-state index contributed by atoms with van der Waals surface area (Å²) >= 11 is 3.42. The Kier molecular flexibility index (Phi) is 9.73. The largest absolute Gasteiger partial charge is 0.444 e. The minimum Gasteiger partial charge on any atom is -0.444 e. The smallest absolute Gasteiger partial charge is 0.410 e. The van der Waals surface area contributed by atoms with Gasteiger partial charge in [0.1, 0.15) is 15.8 Å². The van der Waals surface area contributed by atoms with Gasteiger partial charge in [0.15, 0.2) is 5.82 Å². The minimum atomic E-state index is -0.449. The van der Waals surface area contributed by atoms with Crippen molar-refractivity contribution in [2.24, 2.45) is 16.2 Å². The van der Waals surface area contributed by atoms with Gasteiger partial charge in [-0.15, -0.1) is 0 Å². The molecule has 1 unspecified atom stereocenters. The standard InChI is InChI=1S/C26H41N5O3.C15H22BrN3O2/c1-18-10-20(30-9-8-25(14-24(30,5)6)13-21(32)28(7)15-25)27-31(18)19-11-26(12-19)16-29(17-26)22(33)34-23(2,3)4;1-10-5-12(16)17-19(10)11-6-15(7-11)8-18(9-15)13(20)21-14(2,3)4/h10,19H,8-9,11-17H2,1-7H3;5,11H,6-9H2,1-4H3. The van der Waals surface area contributed by atoms with E-state index < -0.39 is 11.2 Å². The third-order valence-electron chi connectivity index (χ3n) is 12.8. The van der Waals surface area contributed by atoms with E-state index in [4.69, 9.17) is 14.6 Å². The average molecular weight is 828 g/mol. The maximum absolute atomic E-state index is 12.3. The maximum atomic E-state index is 12.3. The number of hydrogen-bond acceptors (Lipinski definition) is 8. The van der Waals surface area contributed by atoms with Crippen molar-refractivity contribution in [2.75, 3.05) is 51.2 Å². The van der Waals surface area contributed by atoms with Crippen molar-refractivity contribution < 1.29 is 23.9 Å². The van der Waals surface area contributed by atoms with E-state index in [2.05, 4.69) is 69.1 Å².